The van der Waals surface area contributed by atoms with Crippen LogP contribution in [0.1, 0.15) is 12.8 Å². The minimum absolute atomic E-state index is 0.116. The van der Waals surface area contributed by atoms with Crippen molar-refractivity contribution in [2.24, 2.45) is 0 Å². The molecule has 3 amide bonds. The van der Waals surface area contributed by atoms with Crippen LogP contribution >= 0.6 is 0 Å². The van der Waals surface area contributed by atoms with Crippen LogP contribution in [0.4, 0.5) is 4.79 Å². The molecule has 2 fully saturated rings. The van der Waals surface area contributed by atoms with Gasteiger partial charge in [0.1, 0.15) is 6.04 Å². The first-order valence-electron chi connectivity index (χ1n) is 7.38. The molecule has 2 bridgehead atoms. The average Bonchev–Trinajstić information content (AvgIpc) is 3.14. The second kappa shape index (κ2) is 6.91. The number of rotatable bonds is 7. The molecule has 0 radical (unpaired) electrons. The molecule has 25 heavy (non-hydrogen) atoms. The number of carbonyl (C=O) groups excluding carboxylic acids is 2. The van der Waals surface area contributed by atoms with E-state index < -0.39 is 34.4 Å². The maximum absolute atomic E-state index is 12.2. The summed E-state index contributed by atoms with van der Waals surface area (Å²) < 4.78 is 36.2. The van der Waals surface area contributed by atoms with Gasteiger partial charge >= 0.3 is 16.4 Å². The second-order valence-electron chi connectivity index (χ2n) is 5.49. The Balaban J connectivity index is 1.51. The van der Waals surface area contributed by atoms with Gasteiger partial charge in [-0.05, 0) is 12.8 Å². The second-order valence-corrected chi connectivity index (χ2v) is 6.50. The van der Waals surface area contributed by atoms with E-state index in [0.717, 1.165) is 0 Å². The van der Waals surface area contributed by atoms with Gasteiger partial charge in [-0.3, -0.25) is 18.9 Å². The maximum Gasteiger partial charge on any atom is 0.418 e. The van der Waals surface area contributed by atoms with Gasteiger partial charge in [-0.2, -0.15) is 13.5 Å². The van der Waals surface area contributed by atoms with Crippen LogP contribution in [-0.2, 0) is 30.9 Å². The lowest BCUT2D eigenvalue weighted by Crippen LogP contribution is -2.49. The van der Waals surface area contributed by atoms with Crippen molar-refractivity contribution in [2.45, 2.75) is 31.5 Å². The first kappa shape index (κ1) is 17.5. The zero-order valence-electron chi connectivity index (χ0n) is 12.9. The first-order valence-corrected chi connectivity index (χ1v) is 8.74. The van der Waals surface area contributed by atoms with Crippen LogP contribution in [0.3, 0.4) is 0 Å². The average molecular weight is 376 g/mol. The molecular weight excluding hydrogens is 360 g/mol. The highest BCUT2D eigenvalue weighted by Gasteiger charge is 2.49. The summed E-state index contributed by atoms with van der Waals surface area (Å²) in [5.74, 6) is -0.529. The molecule has 2 atom stereocenters. The zero-order chi connectivity index (χ0) is 18.0. The lowest BCUT2D eigenvalue weighted by atomic mass is 10.0. The Morgan fingerprint density at radius 1 is 1.44 bits per heavy atom. The van der Waals surface area contributed by atoms with Crippen molar-refractivity contribution < 1.29 is 31.7 Å². The van der Waals surface area contributed by atoms with E-state index in [-0.39, 0.29) is 13.2 Å². The number of nitrogens with one attached hydrogen (secondary N) is 1. The van der Waals surface area contributed by atoms with E-state index >= 15 is 0 Å². The Morgan fingerprint density at radius 3 is 2.92 bits per heavy atom. The van der Waals surface area contributed by atoms with E-state index in [1.807, 2.05) is 0 Å². The normalized spacial score (nSPS) is 23.2. The molecule has 138 valence electrons. The molecule has 0 unspecified atom stereocenters. The third kappa shape index (κ3) is 4.04. The number of hydroxylamine groups is 3. The van der Waals surface area contributed by atoms with Crippen LogP contribution in [0, 0.1) is 0 Å². The Labute approximate surface area is 142 Å². The van der Waals surface area contributed by atoms with Gasteiger partial charge in [0.05, 0.1) is 25.4 Å². The Bertz CT molecular complexity index is 738. The number of hydrogen-bond donors (Lipinski definition) is 2. The van der Waals surface area contributed by atoms with E-state index in [9.17, 15) is 18.0 Å². The van der Waals surface area contributed by atoms with E-state index in [0.29, 0.717) is 24.4 Å². The van der Waals surface area contributed by atoms with Crippen LogP contribution in [0.2, 0.25) is 0 Å². The quantitative estimate of drug-likeness (QED) is 0.322. The molecule has 2 aliphatic heterocycles. The lowest BCUT2D eigenvalue weighted by Gasteiger charge is -2.28. The van der Waals surface area contributed by atoms with Gasteiger partial charge in [-0.1, -0.05) is 5.21 Å². The minimum atomic E-state index is -4.82. The molecule has 1 aromatic rings. The Hall–Kier alpha value is -2.29. The lowest BCUT2D eigenvalue weighted by molar-refractivity contribution is -0.139. The zero-order valence-corrected chi connectivity index (χ0v) is 13.7. The molecule has 0 aliphatic carbocycles. The largest absolute Gasteiger partial charge is 0.418 e. The van der Waals surface area contributed by atoms with Crippen molar-refractivity contribution >= 4 is 22.3 Å². The number of fused-ring (bicyclic) bond motifs is 2. The summed E-state index contributed by atoms with van der Waals surface area (Å²) in [6.45, 7) is 0.646. The third-order valence-corrected chi connectivity index (χ3v) is 4.22. The summed E-state index contributed by atoms with van der Waals surface area (Å²) in [5, 5.41) is 7.94. The van der Waals surface area contributed by atoms with E-state index in [1.165, 1.54) is 15.8 Å². The molecule has 14 heteroatoms. The number of urea groups is 1. The van der Waals surface area contributed by atoms with Crippen LogP contribution in [-0.4, -0.2) is 75.1 Å². The van der Waals surface area contributed by atoms with E-state index in [4.69, 9.17) is 9.39 Å². The molecule has 0 spiro atoms. The van der Waals surface area contributed by atoms with E-state index in [2.05, 4.69) is 20.1 Å². The number of carbonyl (C=O) groups is 2. The van der Waals surface area contributed by atoms with Crippen LogP contribution in [0.5, 0.6) is 0 Å². The Kier molecular flexibility index (Phi) is 4.85. The molecule has 1 aromatic heterocycles. The minimum Gasteiger partial charge on any atom is -0.309 e. The summed E-state index contributed by atoms with van der Waals surface area (Å²) in [7, 11) is -4.82. The Morgan fingerprint density at radius 2 is 2.24 bits per heavy atom. The van der Waals surface area contributed by atoms with Crippen LogP contribution in [0.25, 0.3) is 0 Å². The number of hydrogen-bond acceptors (Lipinski definition) is 8. The number of piperidine rings is 1. The highest BCUT2D eigenvalue weighted by atomic mass is 32.3. The highest BCUT2D eigenvalue weighted by Crippen LogP contribution is 2.30. The van der Waals surface area contributed by atoms with Gasteiger partial charge < -0.3 is 4.90 Å². The monoisotopic (exact) mass is 376 g/mol. The molecule has 2 saturated heterocycles. The molecule has 0 saturated carbocycles. The van der Waals surface area contributed by atoms with Crippen molar-refractivity contribution in [3.05, 3.63) is 12.4 Å². The standard InChI is InChI=1S/C11H16N6O7S/c18-10(13-23-6-5-15-4-3-12-14-15)9-2-1-8-7-16(9)11(19)17(8)24-25(20,21)22/h3-4,8-9H,1-2,5-7H2,(H,13,18)(H,20,21,22)/t8-,9+/m1/s1. The van der Waals surface area contributed by atoms with Gasteiger partial charge in [-0.15, -0.1) is 9.38 Å². The van der Waals surface area contributed by atoms with E-state index in [1.54, 1.807) is 6.20 Å². The van der Waals surface area contributed by atoms with Gasteiger partial charge in [0.2, 0.25) is 0 Å². The molecule has 13 nitrogen and oxygen atoms in total. The number of aromatic nitrogens is 3. The smallest absolute Gasteiger partial charge is 0.309 e. The van der Waals surface area contributed by atoms with Crippen molar-refractivity contribution in [1.82, 2.24) is 30.4 Å². The summed E-state index contributed by atoms with van der Waals surface area (Å²) >= 11 is 0. The molecular formula is C11H16N6O7S. The van der Waals surface area contributed by atoms with Crippen LogP contribution < -0.4 is 5.48 Å². The van der Waals surface area contributed by atoms with Gasteiger partial charge in [0, 0.05) is 12.7 Å². The first-order chi connectivity index (χ1) is 11.8. The topological polar surface area (TPSA) is 156 Å². The predicted molar refractivity (Wildman–Crippen MR) is 77.5 cm³/mol. The predicted octanol–water partition coefficient (Wildman–Crippen LogP) is -1.67. The summed E-state index contributed by atoms with van der Waals surface area (Å²) in [6, 6.07) is -2.17. The maximum atomic E-state index is 12.2. The van der Waals surface area contributed by atoms with Gasteiger partial charge in [-0.25, -0.2) is 10.3 Å². The third-order valence-electron chi connectivity index (χ3n) is 3.87. The fourth-order valence-corrected chi connectivity index (χ4v) is 3.17. The SMILES string of the molecule is O=C(NOCCn1ccnn1)[C@@H]1CC[C@@H]2CN1C(=O)N2OS(=O)(=O)O. The molecule has 2 aliphatic rings. The fraction of sp³-hybridized carbons (Fsp3) is 0.636. The summed E-state index contributed by atoms with van der Waals surface area (Å²) in [5.41, 5.74) is 2.26. The summed E-state index contributed by atoms with van der Waals surface area (Å²) in [4.78, 5) is 30.6. The molecule has 2 N–H and O–H groups in total. The van der Waals surface area contributed by atoms with Gasteiger partial charge in [0.25, 0.3) is 5.91 Å². The van der Waals surface area contributed by atoms with Crippen molar-refractivity contribution in [1.29, 1.82) is 0 Å². The number of nitrogens with zero attached hydrogens (tertiary/aromatic N) is 5. The van der Waals surface area contributed by atoms with Crippen LogP contribution in [0.15, 0.2) is 12.4 Å². The van der Waals surface area contributed by atoms with Crippen molar-refractivity contribution in [3.63, 3.8) is 0 Å². The highest BCUT2D eigenvalue weighted by molar-refractivity contribution is 7.80. The molecule has 3 heterocycles. The van der Waals surface area contributed by atoms with Gasteiger partial charge in [0.15, 0.2) is 0 Å². The van der Waals surface area contributed by atoms with Crippen molar-refractivity contribution in [3.8, 4) is 0 Å². The van der Waals surface area contributed by atoms with Crippen molar-refractivity contribution in [2.75, 3.05) is 13.2 Å². The number of amides is 3. The summed E-state index contributed by atoms with van der Waals surface area (Å²) in [6.07, 6.45) is 3.80. The fourth-order valence-electron chi connectivity index (χ4n) is 2.79. The molecule has 0 aromatic carbocycles. The molecule has 3 rings (SSSR count).